The van der Waals surface area contributed by atoms with Crippen LogP contribution in [0.5, 0.6) is 11.5 Å². The third-order valence-electron chi connectivity index (χ3n) is 1.41. The molecule has 1 aromatic rings. The van der Waals surface area contributed by atoms with Gasteiger partial charge in [0.2, 0.25) is 0 Å². The first-order valence-electron chi connectivity index (χ1n) is 6.00. The van der Waals surface area contributed by atoms with Crippen LogP contribution in [0.4, 0.5) is 0 Å². The summed E-state index contributed by atoms with van der Waals surface area (Å²) in [7, 11) is 3.35. The van der Waals surface area contributed by atoms with E-state index < -0.39 is 17.9 Å². The monoisotopic (exact) mass is 525 g/mol. The zero-order valence-corrected chi connectivity index (χ0v) is 17.5. The van der Waals surface area contributed by atoms with Crippen molar-refractivity contribution in [2.24, 2.45) is 0 Å². The van der Waals surface area contributed by atoms with E-state index in [9.17, 15) is 0 Å². The molecule has 0 fully saturated rings. The number of rotatable bonds is 2. The fourth-order valence-corrected chi connectivity index (χ4v) is 2.09. The number of methoxy groups -OCH3 is 2. The van der Waals surface area contributed by atoms with Gasteiger partial charge in [-0.25, -0.2) is 0 Å². The summed E-state index contributed by atoms with van der Waals surface area (Å²) in [6.07, 6.45) is 0. The van der Waals surface area contributed by atoms with Crippen LogP contribution in [0.1, 0.15) is 20.8 Å². The number of aliphatic carboxylic acids is 3. The van der Waals surface area contributed by atoms with Crippen molar-refractivity contribution >= 4 is 46.8 Å². The van der Waals surface area contributed by atoms with Gasteiger partial charge in [0.1, 0.15) is 0 Å². The molecule has 0 spiro atoms. The molecule has 0 bridgehead atoms. The van der Waals surface area contributed by atoms with E-state index >= 15 is 0 Å². The molecule has 0 atom stereocenters. The number of carboxylic acid groups (broad SMARTS) is 3. The molecule has 3 radical (unpaired) electrons. The van der Waals surface area contributed by atoms with Crippen molar-refractivity contribution in [3.8, 4) is 11.5 Å². The molecular weight excluding hydrogens is 503 g/mol. The van der Waals surface area contributed by atoms with Gasteiger partial charge in [0.15, 0.2) is 0 Å². The SMILES string of the molecule is CC(=O)O.CC(=O)O.CC(=O)O.COc1ccc(OC)[c]([Pb])c1. The average molecular weight is 525 g/mol. The van der Waals surface area contributed by atoms with Crippen molar-refractivity contribution in [1.82, 2.24) is 0 Å². The van der Waals surface area contributed by atoms with Gasteiger partial charge in [-0.3, -0.25) is 14.4 Å². The Hall–Kier alpha value is -1.85. The molecule has 0 saturated heterocycles. The van der Waals surface area contributed by atoms with Crippen LogP contribution in [-0.4, -0.2) is 73.2 Å². The first-order valence-corrected chi connectivity index (χ1v) is 7.94. The Bertz CT molecular complexity index is 447. The summed E-state index contributed by atoms with van der Waals surface area (Å²) in [5.41, 5.74) is 0. The number of hydrogen-bond acceptors (Lipinski definition) is 5. The van der Waals surface area contributed by atoms with Crippen molar-refractivity contribution in [3.63, 3.8) is 0 Å². The summed E-state index contributed by atoms with van der Waals surface area (Å²) in [4.78, 5) is 27.0. The van der Waals surface area contributed by atoms with Crippen LogP contribution in [0.2, 0.25) is 0 Å². The molecule has 1 aromatic carbocycles. The molecule has 0 aliphatic carbocycles. The number of ether oxygens (including phenoxy) is 2. The second-order valence-corrected chi connectivity index (χ2v) is 5.72. The summed E-state index contributed by atoms with van der Waals surface area (Å²) in [6, 6.07) is 5.84. The van der Waals surface area contributed by atoms with E-state index in [1.54, 1.807) is 14.2 Å². The van der Waals surface area contributed by atoms with Gasteiger partial charge < -0.3 is 15.3 Å². The molecule has 23 heavy (non-hydrogen) atoms. The molecule has 0 heterocycles. The second-order valence-electron chi connectivity index (χ2n) is 3.62. The molecule has 8 nitrogen and oxygen atoms in total. The number of hydrogen-bond donors (Lipinski definition) is 3. The van der Waals surface area contributed by atoms with Crippen molar-refractivity contribution in [2.75, 3.05) is 14.2 Å². The summed E-state index contributed by atoms with van der Waals surface area (Å²) in [5, 5.41) is 22.2. The third kappa shape index (κ3) is 28.9. The van der Waals surface area contributed by atoms with Crippen LogP contribution >= 0.6 is 0 Å². The Morgan fingerprint density at radius 1 is 0.870 bits per heavy atom. The van der Waals surface area contributed by atoms with Crippen molar-refractivity contribution in [3.05, 3.63) is 18.2 Å². The van der Waals surface area contributed by atoms with E-state index in [2.05, 4.69) is 0 Å². The zero-order chi connectivity index (χ0) is 19.0. The van der Waals surface area contributed by atoms with Crippen LogP contribution < -0.4 is 12.6 Å². The normalized spacial score (nSPS) is 7.74. The molecule has 0 aromatic heterocycles. The number of carboxylic acids is 3. The van der Waals surface area contributed by atoms with Gasteiger partial charge in [0.05, 0.1) is 0 Å². The fraction of sp³-hybridized carbons (Fsp3) is 0.357. The van der Waals surface area contributed by atoms with Crippen molar-refractivity contribution < 1.29 is 39.2 Å². The third-order valence-corrected chi connectivity index (χ3v) is 2.93. The molecule has 0 aliphatic heterocycles. The zero-order valence-electron chi connectivity index (χ0n) is 13.6. The van der Waals surface area contributed by atoms with Gasteiger partial charge in [0, 0.05) is 20.8 Å². The van der Waals surface area contributed by atoms with Crippen LogP contribution in [0, 0.1) is 0 Å². The molecule has 0 unspecified atom stereocenters. The predicted octanol–water partition coefficient (Wildman–Crippen LogP) is 0.770. The first kappa shape index (κ1) is 26.1. The van der Waals surface area contributed by atoms with Crippen LogP contribution in [0.15, 0.2) is 18.2 Å². The Balaban J connectivity index is -0.000000278. The Kier molecular flexibility index (Phi) is 18.7. The van der Waals surface area contributed by atoms with E-state index in [0.717, 1.165) is 58.0 Å². The number of carbonyl (C=O) groups is 3. The van der Waals surface area contributed by atoms with Gasteiger partial charge in [-0.05, 0) is 0 Å². The molecular formula is C14H21O8Pb. The summed E-state index contributed by atoms with van der Waals surface area (Å²) >= 11 is 0.983. The molecule has 0 aliphatic rings. The molecule has 9 heteroatoms. The molecule has 1 rings (SSSR count). The topological polar surface area (TPSA) is 130 Å². The quantitative estimate of drug-likeness (QED) is 0.484. The van der Waals surface area contributed by atoms with Crippen LogP contribution in [0.25, 0.3) is 0 Å². The second kappa shape index (κ2) is 16.5. The minimum absolute atomic E-state index is 0.833. The standard InChI is InChI=1S/C8H9O2.3C2H4O2.Pb/c1-9-7-3-5-8(10-2)6-4-7;3*1-2(3)4;/h3-5H,1-2H3;3*1H3,(H,3,4);. The van der Waals surface area contributed by atoms with E-state index in [1.807, 2.05) is 18.2 Å². The maximum absolute atomic E-state index is 9.00. The summed E-state index contributed by atoms with van der Waals surface area (Å²) < 4.78 is 11.4. The van der Waals surface area contributed by atoms with Crippen molar-refractivity contribution in [1.29, 1.82) is 0 Å². The molecule has 0 amide bonds. The van der Waals surface area contributed by atoms with E-state index in [0.29, 0.717) is 0 Å². The predicted molar refractivity (Wildman–Crippen MR) is 84.9 cm³/mol. The van der Waals surface area contributed by atoms with Gasteiger partial charge in [0.25, 0.3) is 17.9 Å². The number of benzene rings is 1. The van der Waals surface area contributed by atoms with E-state index in [-0.39, 0.29) is 0 Å². The maximum atomic E-state index is 9.00. The molecule has 0 saturated carbocycles. The first-order chi connectivity index (χ1) is 10.5. The van der Waals surface area contributed by atoms with Gasteiger partial charge in [-0.2, -0.15) is 0 Å². The van der Waals surface area contributed by atoms with E-state index in [1.165, 1.54) is 3.12 Å². The van der Waals surface area contributed by atoms with Crippen LogP contribution in [0.3, 0.4) is 0 Å². The fourth-order valence-electron chi connectivity index (χ4n) is 0.814. The Labute approximate surface area is 150 Å². The van der Waals surface area contributed by atoms with Crippen LogP contribution in [-0.2, 0) is 14.4 Å². The summed E-state index contributed by atoms with van der Waals surface area (Å²) in [5.74, 6) is -0.645. The molecule has 3 N–H and O–H groups in total. The van der Waals surface area contributed by atoms with E-state index in [4.69, 9.17) is 39.2 Å². The Morgan fingerprint density at radius 2 is 1.22 bits per heavy atom. The summed E-state index contributed by atoms with van der Waals surface area (Å²) in [6.45, 7) is 3.25. The van der Waals surface area contributed by atoms with Gasteiger partial charge >= 0.3 is 82.3 Å². The van der Waals surface area contributed by atoms with Crippen molar-refractivity contribution in [2.45, 2.75) is 20.8 Å². The van der Waals surface area contributed by atoms with Gasteiger partial charge in [-0.15, -0.1) is 0 Å². The van der Waals surface area contributed by atoms with Gasteiger partial charge in [-0.1, -0.05) is 0 Å². The average Bonchev–Trinajstić information content (AvgIpc) is 2.36. The molecule has 129 valence electrons. The minimum atomic E-state index is -0.833. The Morgan fingerprint density at radius 3 is 1.43 bits per heavy atom.